The molecule has 3 aromatic rings. The van der Waals surface area contributed by atoms with E-state index in [1.807, 2.05) is 19.9 Å². The van der Waals surface area contributed by atoms with Crippen LogP contribution in [-0.4, -0.2) is 34.5 Å². The molecule has 4 rings (SSSR count). The third kappa shape index (κ3) is 4.40. The quantitative estimate of drug-likeness (QED) is 0.239. The van der Waals surface area contributed by atoms with E-state index in [1.54, 1.807) is 43.3 Å². The van der Waals surface area contributed by atoms with Crippen molar-refractivity contribution in [1.82, 2.24) is 0 Å². The topological polar surface area (TPSA) is 104 Å². The van der Waals surface area contributed by atoms with E-state index in [4.69, 9.17) is 4.74 Å². The number of aromatic hydroxyl groups is 1. The largest absolute Gasteiger partial charge is 0.508 e. The van der Waals surface area contributed by atoms with E-state index in [-0.39, 0.29) is 23.7 Å². The van der Waals surface area contributed by atoms with Crippen LogP contribution >= 0.6 is 0 Å². The lowest BCUT2D eigenvalue weighted by molar-refractivity contribution is -0.132. The number of aliphatic hydroxyl groups is 1. The molecular formula is C28H25NO6. The number of ether oxygens (including phenoxy) is 1. The summed E-state index contributed by atoms with van der Waals surface area (Å²) in [5, 5.41) is 21.3. The minimum Gasteiger partial charge on any atom is -0.508 e. The summed E-state index contributed by atoms with van der Waals surface area (Å²) in [6.07, 6.45) is 0. The zero-order valence-corrected chi connectivity index (χ0v) is 19.6. The third-order valence-corrected chi connectivity index (χ3v) is 6.07. The van der Waals surface area contributed by atoms with E-state index >= 15 is 0 Å². The van der Waals surface area contributed by atoms with Gasteiger partial charge in [0.15, 0.2) is 0 Å². The van der Waals surface area contributed by atoms with Crippen LogP contribution in [0.25, 0.3) is 5.76 Å². The molecule has 0 bridgehead atoms. The summed E-state index contributed by atoms with van der Waals surface area (Å²) in [4.78, 5) is 39.8. The zero-order valence-electron chi connectivity index (χ0n) is 19.6. The van der Waals surface area contributed by atoms with E-state index in [0.717, 1.165) is 11.1 Å². The lowest BCUT2D eigenvalue weighted by Crippen LogP contribution is -2.29. The first-order valence-corrected chi connectivity index (χ1v) is 11.2. The van der Waals surface area contributed by atoms with Gasteiger partial charge in [0.1, 0.15) is 11.5 Å². The van der Waals surface area contributed by atoms with Crippen LogP contribution in [-0.2, 0) is 14.3 Å². The number of aliphatic hydroxyl groups excluding tert-OH is 1. The van der Waals surface area contributed by atoms with Gasteiger partial charge in [-0.1, -0.05) is 24.3 Å². The number of anilines is 1. The number of amides is 1. The Labute approximate surface area is 202 Å². The van der Waals surface area contributed by atoms with Crippen molar-refractivity contribution in [3.63, 3.8) is 0 Å². The Morgan fingerprint density at radius 1 is 0.943 bits per heavy atom. The van der Waals surface area contributed by atoms with Crippen molar-refractivity contribution in [1.29, 1.82) is 0 Å². The van der Waals surface area contributed by atoms with Crippen LogP contribution in [0.1, 0.15) is 45.6 Å². The molecule has 1 saturated heterocycles. The number of nitrogens with zero attached hydrogens (tertiary/aromatic N) is 1. The number of phenolic OH excluding ortho intramolecular Hbond substituents is 1. The maximum absolute atomic E-state index is 13.2. The van der Waals surface area contributed by atoms with Crippen molar-refractivity contribution in [3.05, 3.63) is 100 Å². The average molecular weight is 472 g/mol. The van der Waals surface area contributed by atoms with E-state index in [9.17, 15) is 24.6 Å². The molecule has 7 heteroatoms. The van der Waals surface area contributed by atoms with E-state index < -0.39 is 23.7 Å². The van der Waals surface area contributed by atoms with Crippen molar-refractivity contribution in [3.8, 4) is 5.75 Å². The van der Waals surface area contributed by atoms with Crippen LogP contribution in [0.4, 0.5) is 5.69 Å². The number of Topliss-reactive ketones (excluding diaryl/α,β-unsaturated/α-hetero) is 1. The molecule has 0 aliphatic carbocycles. The predicted molar refractivity (Wildman–Crippen MR) is 131 cm³/mol. The fraction of sp³-hybridized carbons (Fsp3) is 0.179. The third-order valence-electron chi connectivity index (χ3n) is 6.07. The van der Waals surface area contributed by atoms with Crippen LogP contribution in [0.15, 0.2) is 72.3 Å². The van der Waals surface area contributed by atoms with E-state index in [0.29, 0.717) is 22.4 Å². The first kappa shape index (κ1) is 23.8. The molecule has 0 saturated carbocycles. The number of hydrogen-bond donors (Lipinski definition) is 2. The molecule has 7 nitrogen and oxygen atoms in total. The van der Waals surface area contributed by atoms with Crippen molar-refractivity contribution in [2.24, 2.45) is 0 Å². The van der Waals surface area contributed by atoms with Gasteiger partial charge in [-0.15, -0.1) is 0 Å². The van der Waals surface area contributed by atoms with Crippen molar-refractivity contribution < 1.29 is 29.3 Å². The number of aryl methyl sites for hydroxylation is 2. The molecule has 3 aromatic carbocycles. The summed E-state index contributed by atoms with van der Waals surface area (Å²) < 4.78 is 5.01. The summed E-state index contributed by atoms with van der Waals surface area (Å²) in [6, 6.07) is 16.6. The normalized spacial score (nSPS) is 17.0. The molecule has 1 fully saturated rings. The van der Waals surface area contributed by atoms with Gasteiger partial charge in [-0.25, -0.2) is 4.79 Å². The second-order valence-corrected chi connectivity index (χ2v) is 8.33. The fourth-order valence-corrected chi connectivity index (χ4v) is 4.13. The van der Waals surface area contributed by atoms with Crippen molar-refractivity contribution >= 4 is 29.1 Å². The summed E-state index contributed by atoms with van der Waals surface area (Å²) >= 11 is 0. The standard InChI is InChI=1S/C28H25NO6/c1-4-35-28(34)18-10-12-21(13-11-18)29-24(19-6-5-7-22(30)15-19)23(26(32)27(29)33)25(31)20-9-8-16(2)17(3)14-20/h5-15,24,30-31H,4H2,1-3H3/b25-23-. The highest BCUT2D eigenvalue weighted by Gasteiger charge is 2.47. The van der Waals surface area contributed by atoms with Gasteiger partial charge in [0.2, 0.25) is 0 Å². The first-order valence-electron chi connectivity index (χ1n) is 11.2. The smallest absolute Gasteiger partial charge is 0.338 e. The van der Waals surface area contributed by atoms with Gasteiger partial charge < -0.3 is 14.9 Å². The molecule has 1 aliphatic rings. The van der Waals surface area contributed by atoms with Gasteiger partial charge in [0, 0.05) is 11.3 Å². The summed E-state index contributed by atoms with van der Waals surface area (Å²) in [5.41, 5.74) is 3.38. The molecule has 1 unspecified atom stereocenters. The Hall–Kier alpha value is -4.39. The maximum Gasteiger partial charge on any atom is 0.338 e. The first-order chi connectivity index (χ1) is 16.7. The van der Waals surface area contributed by atoms with Gasteiger partial charge in [0.25, 0.3) is 11.7 Å². The van der Waals surface area contributed by atoms with Gasteiger partial charge in [-0.05, 0) is 79.9 Å². The monoisotopic (exact) mass is 471 g/mol. The van der Waals surface area contributed by atoms with Crippen molar-refractivity contribution in [2.75, 3.05) is 11.5 Å². The highest BCUT2D eigenvalue weighted by molar-refractivity contribution is 6.51. The minimum atomic E-state index is -0.989. The summed E-state index contributed by atoms with van der Waals surface area (Å²) in [5.74, 6) is -2.51. The van der Waals surface area contributed by atoms with E-state index in [1.165, 1.54) is 29.2 Å². The number of phenols is 1. The molecule has 1 aliphatic heterocycles. The molecule has 1 heterocycles. The number of hydrogen-bond acceptors (Lipinski definition) is 6. The van der Waals surface area contributed by atoms with Crippen molar-refractivity contribution in [2.45, 2.75) is 26.8 Å². The molecule has 1 amide bonds. The lowest BCUT2D eigenvalue weighted by atomic mass is 9.94. The second kappa shape index (κ2) is 9.46. The van der Waals surface area contributed by atoms with E-state index in [2.05, 4.69) is 0 Å². The fourth-order valence-electron chi connectivity index (χ4n) is 4.13. The van der Waals surface area contributed by atoms with Crippen LogP contribution in [0.2, 0.25) is 0 Å². The Morgan fingerprint density at radius 2 is 1.63 bits per heavy atom. The minimum absolute atomic E-state index is 0.0445. The molecule has 35 heavy (non-hydrogen) atoms. The highest BCUT2D eigenvalue weighted by Crippen LogP contribution is 2.42. The van der Waals surface area contributed by atoms with Gasteiger partial charge in [-0.3, -0.25) is 14.5 Å². The summed E-state index contributed by atoms with van der Waals surface area (Å²) in [6.45, 7) is 5.76. The zero-order chi connectivity index (χ0) is 25.3. The molecule has 0 radical (unpaired) electrons. The maximum atomic E-state index is 13.2. The number of benzene rings is 3. The number of ketones is 1. The Bertz CT molecular complexity index is 1360. The predicted octanol–water partition coefficient (Wildman–Crippen LogP) is 4.81. The molecule has 2 N–H and O–H groups in total. The second-order valence-electron chi connectivity index (χ2n) is 8.33. The number of carbonyl (C=O) groups is 3. The van der Waals surface area contributed by atoms with Gasteiger partial charge in [-0.2, -0.15) is 0 Å². The van der Waals surface area contributed by atoms with Crippen LogP contribution in [0, 0.1) is 13.8 Å². The lowest BCUT2D eigenvalue weighted by Gasteiger charge is -2.25. The Balaban J connectivity index is 1.88. The molecule has 0 aromatic heterocycles. The number of esters is 1. The number of rotatable bonds is 5. The Morgan fingerprint density at radius 3 is 2.26 bits per heavy atom. The van der Waals surface area contributed by atoms with Crippen LogP contribution in [0.5, 0.6) is 5.75 Å². The highest BCUT2D eigenvalue weighted by atomic mass is 16.5. The van der Waals surface area contributed by atoms with Gasteiger partial charge >= 0.3 is 5.97 Å². The molecule has 1 atom stereocenters. The van der Waals surface area contributed by atoms with Crippen LogP contribution < -0.4 is 4.90 Å². The van der Waals surface area contributed by atoms with Gasteiger partial charge in [0.05, 0.1) is 23.8 Å². The average Bonchev–Trinajstić information content (AvgIpc) is 3.11. The Kier molecular flexibility index (Phi) is 6.42. The SMILES string of the molecule is CCOC(=O)c1ccc(N2C(=O)C(=O)/C(=C(\O)c3ccc(C)c(C)c3)C2c2cccc(O)c2)cc1. The molecule has 0 spiro atoms. The molecular weight excluding hydrogens is 446 g/mol. The molecule has 178 valence electrons. The summed E-state index contributed by atoms with van der Waals surface area (Å²) in [7, 11) is 0. The number of carbonyl (C=O) groups excluding carboxylic acids is 3. The van der Waals surface area contributed by atoms with Crippen LogP contribution in [0.3, 0.4) is 0 Å².